The van der Waals surface area contributed by atoms with Crippen LogP contribution in [0.2, 0.25) is 0 Å². The third-order valence-corrected chi connectivity index (χ3v) is 2.80. The molecule has 0 saturated heterocycles. The molecule has 0 radical (unpaired) electrons. The van der Waals surface area contributed by atoms with E-state index in [1.54, 1.807) is 0 Å². The second-order valence-corrected chi connectivity index (χ2v) is 4.51. The molecular weight excluding hydrogens is 174 g/mol. The van der Waals surface area contributed by atoms with Crippen molar-refractivity contribution in [2.75, 3.05) is 6.61 Å². The lowest BCUT2D eigenvalue weighted by molar-refractivity contribution is -0.000209. The summed E-state index contributed by atoms with van der Waals surface area (Å²) >= 11 is 0. The summed E-state index contributed by atoms with van der Waals surface area (Å²) in [5.74, 6) is 1.06. The Labute approximate surface area is 89.2 Å². The van der Waals surface area contributed by atoms with Crippen LogP contribution >= 0.6 is 0 Å². The van der Waals surface area contributed by atoms with Crippen LogP contribution in [0.4, 0.5) is 0 Å². The van der Waals surface area contributed by atoms with E-state index in [4.69, 9.17) is 10.5 Å². The van der Waals surface area contributed by atoms with Crippen molar-refractivity contribution >= 4 is 0 Å². The molecule has 3 unspecified atom stereocenters. The normalized spacial score (nSPS) is 18.2. The Morgan fingerprint density at radius 2 is 1.71 bits per heavy atom. The van der Waals surface area contributed by atoms with Crippen molar-refractivity contribution in [1.29, 1.82) is 0 Å². The maximum absolute atomic E-state index is 6.21. The second-order valence-electron chi connectivity index (χ2n) is 4.51. The van der Waals surface area contributed by atoms with Crippen LogP contribution < -0.4 is 5.73 Å². The minimum Gasteiger partial charge on any atom is -0.377 e. The van der Waals surface area contributed by atoms with Crippen molar-refractivity contribution in [2.24, 2.45) is 17.6 Å². The zero-order chi connectivity index (χ0) is 11.1. The van der Waals surface area contributed by atoms with Gasteiger partial charge in [-0.25, -0.2) is 0 Å². The number of hydrogen-bond acceptors (Lipinski definition) is 2. The highest BCUT2D eigenvalue weighted by molar-refractivity contribution is 4.80. The van der Waals surface area contributed by atoms with Gasteiger partial charge in [0.15, 0.2) is 0 Å². The Balaban J connectivity index is 4.19. The van der Waals surface area contributed by atoms with E-state index in [0.29, 0.717) is 11.8 Å². The van der Waals surface area contributed by atoms with Crippen LogP contribution in [0.3, 0.4) is 0 Å². The van der Waals surface area contributed by atoms with E-state index in [1.807, 2.05) is 6.92 Å². The molecule has 86 valence electrons. The molecule has 0 aliphatic carbocycles. The minimum absolute atomic E-state index is 0.176. The van der Waals surface area contributed by atoms with Crippen LogP contribution in [-0.4, -0.2) is 18.8 Å². The molecule has 0 aromatic heterocycles. The predicted molar refractivity (Wildman–Crippen MR) is 62.3 cm³/mol. The van der Waals surface area contributed by atoms with Gasteiger partial charge in [-0.05, 0) is 25.2 Å². The molecule has 3 atom stereocenters. The molecule has 2 nitrogen and oxygen atoms in total. The third-order valence-electron chi connectivity index (χ3n) is 2.80. The van der Waals surface area contributed by atoms with Gasteiger partial charge in [0.05, 0.1) is 6.10 Å². The van der Waals surface area contributed by atoms with Gasteiger partial charge in [-0.15, -0.1) is 0 Å². The van der Waals surface area contributed by atoms with Gasteiger partial charge in [0.25, 0.3) is 0 Å². The summed E-state index contributed by atoms with van der Waals surface area (Å²) in [5, 5.41) is 0. The lowest BCUT2D eigenvalue weighted by Crippen LogP contribution is -2.44. The first kappa shape index (κ1) is 13.9. The zero-order valence-corrected chi connectivity index (χ0v) is 10.4. The second kappa shape index (κ2) is 7.24. The Kier molecular flexibility index (Phi) is 7.20. The third kappa shape index (κ3) is 4.43. The molecule has 0 amide bonds. The molecule has 2 N–H and O–H groups in total. The van der Waals surface area contributed by atoms with Gasteiger partial charge in [-0.1, -0.05) is 34.1 Å². The Hall–Kier alpha value is -0.0800. The van der Waals surface area contributed by atoms with Crippen LogP contribution in [0.25, 0.3) is 0 Å². The van der Waals surface area contributed by atoms with Crippen LogP contribution in [0.15, 0.2) is 0 Å². The van der Waals surface area contributed by atoms with Gasteiger partial charge in [-0.2, -0.15) is 0 Å². The molecule has 0 aliphatic heterocycles. The van der Waals surface area contributed by atoms with Crippen molar-refractivity contribution in [3.63, 3.8) is 0 Å². The molecule has 0 fully saturated rings. The number of ether oxygens (including phenoxy) is 1. The van der Waals surface area contributed by atoms with Crippen LogP contribution in [0.5, 0.6) is 0 Å². The summed E-state index contributed by atoms with van der Waals surface area (Å²) in [5.41, 5.74) is 6.21. The van der Waals surface area contributed by atoms with Crippen molar-refractivity contribution in [3.8, 4) is 0 Å². The van der Waals surface area contributed by atoms with E-state index in [0.717, 1.165) is 6.61 Å². The van der Waals surface area contributed by atoms with Crippen LogP contribution in [0.1, 0.15) is 47.5 Å². The molecule has 0 rings (SSSR count). The van der Waals surface area contributed by atoms with E-state index in [1.165, 1.54) is 12.8 Å². The van der Waals surface area contributed by atoms with Gasteiger partial charge in [-0.3, -0.25) is 0 Å². The summed E-state index contributed by atoms with van der Waals surface area (Å²) in [7, 11) is 0. The summed E-state index contributed by atoms with van der Waals surface area (Å²) < 4.78 is 5.71. The minimum atomic E-state index is 0.176. The van der Waals surface area contributed by atoms with Gasteiger partial charge in [0, 0.05) is 12.6 Å². The topological polar surface area (TPSA) is 35.2 Å². The van der Waals surface area contributed by atoms with Crippen LogP contribution in [-0.2, 0) is 4.74 Å². The van der Waals surface area contributed by atoms with E-state index >= 15 is 0 Å². The highest BCUT2D eigenvalue weighted by Crippen LogP contribution is 2.19. The van der Waals surface area contributed by atoms with Gasteiger partial charge >= 0.3 is 0 Å². The Morgan fingerprint density at radius 3 is 2.07 bits per heavy atom. The molecule has 0 aromatic rings. The average molecular weight is 201 g/mol. The van der Waals surface area contributed by atoms with Crippen molar-refractivity contribution in [3.05, 3.63) is 0 Å². The molecule has 0 aromatic carbocycles. The average Bonchev–Trinajstić information content (AvgIpc) is 2.13. The van der Waals surface area contributed by atoms with Crippen LogP contribution in [0, 0.1) is 11.8 Å². The molecule has 2 heteroatoms. The molecule has 14 heavy (non-hydrogen) atoms. The fraction of sp³-hybridized carbons (Fsp3) is 1.00. The SMILES string of the molecule is CCCC(C)C(N)C(OCC)C(C)C. The Morgan fingerprint density at radius 1 is 1.14 bits per heavy atom. The van der Waals surface area contributed by atoms with E-state index in [-0.39, 0.29) is 12.1 Å². The molecule has 0 spiro atoms. The molecule has 0 bridgehead atoms. The molecular formula is C12H27NO. The fourth-order valence-electron chi connectivity index (χ4n) is 1.91. The summed E-state index contributed by atoms with van der Waals surface area (Å²) in [6.07, 6.45) is 2.60. The first-order valence-electron chi connectivity index (χ1n) is 5.91. The predicted octanol–water partition coefficient (Wildman–Crippen LogP) is 2.81. The summed E-state index contributed by atoms with van der Waals surface area (Å²) in [6.45, 7) is 11.6. The quantitative estimate of drug-likeness (QED) is 0.687. The van der Waals surface area contributed by atoms with E-state index in [9.17, 15) is 0 Å². The van der Waals surface area contributed by atoms with Crippen molar-refractivity contribution in [2.45, 2.75) is 59.6 Å². The maximum Gasteiger partial charge on any atom is 0.0751 e. The van der Waals surface area contributed by atoms with E-state index < -0.39 is 0 Å². The first-order chi connectivity index (χ1) is 6.54. The Bertz CT molecular complexity index is 136. The highest BCUT2D eigenvalue weighted by Gasteiger charge is 2.25. The molecule has 0 heterocycles. The zero-order valence-electron chi connectivity index (χ0n) is 10.4. The molecule has 0 saturated carbocycles. The maximum atomic E-state index is 6.21. The summed E-state index contributed by atoms with van der Waals surface area (Å²) in [4.78, 5) is 0. The van der Waals surface area contributed by atoms with Gasteiger partial charge < -0.3 is 10.5 Å². The van der Waals surface area contributed by atoms with Crippen molar-refractivity contribution in [1.82, 2.24) is 0 Å². The fourth-order valence-corrected chi connectivity index (χ4v) is 1.91. The van der Waals surface area contributed by atoms with Gasteiger partial charge in [0.2, 0.25) is 0 Å². The highest BCUT2D eigenvalue weighted by atomic mass is 16.5. The van der Waals surface area contributed by atoms with Gasteiger partial charge in [0.1, 0.15) is 0 Å². The monoisotopic (exact) mass is 201 g/mol. The standard InChI is InChI=1S/C12H27NO/c1-6-8-10(5)11(13)12(9(3)4)14-7-2/h9-12H,6-8,13H2,1-5H3. The lowest BCUT2D eigenvalue weighted by Gasteiger charge is -2.31. The smallest absolute Gasteiger partial charge is 0.0751 e. The lowest BCUT2D eigenvalue weighted by atomic mass is 9.88. The number of rotatable bonds is 7. The molecule has 0 aliphatic rings. The summed E-state index contributed by atoms with van der Waals surface area (Å²) in [6, 6.07) is 0.176. The van der Waals surface area contributed by atoms with Crippen molar-refractivity contribution < 1.29 is 4.74 Å². The number of nitrogens with two attached hydrogens (primary N) is 1. The first-order valence-corrected chi connectivity index (χ1v) is 5.91. The largest absolute Gasteiger partial charge is 0.377 e. The number of hydrogen-bond donors (Lipinski definition) is 1. The van der Waals surface area contributed by atoms with E-state index in [2.05, 4.69) is 27.7 Å².